The number of hydrogen-bond acceptors (Lipinski definition) is 6. The summed E-state index contributed by atoms with van der Waals surface area (Å²) in [6.45, 7) is 0.715. The van der Waals surface area contributed by atoms with Crippen LogP contribution in [0.25, 0.3) is 6.08 Å². The summed E-state index contributed by atoms with van der Waals surface area (Å²) < 4.78 is 0. The van der Waals surface area contributed by atoms with E-state index in [9.17, 15) is 9.59 Å². The number of hydrogen-bond donors (Lipinski definition) is 1. The number of allylic oxidation sites excluding steroid dienone is 1. The summed E-state index contributed by atoms with van der Waals surface area (Å²) in [6, 6.07) is 7.51. The van der Waals surface area contributed by atoms with Crippen LogP contribution in [0.4, 0.5) is 5.95 Å². The third-order valence-corrected chi connectivity index (χ3v) is 3.62. The van der Waals surface area contributed by atoms with E-state index in [1.165, 1.54) is 0 Å². The van der Waals surface area contributed by atoms with Gasteiger partial charge >= 0.3 is 0 Å². The summed E-state index contributed by atoms with van der Waals surface area (Å²) >= 11 is 0. The Morgan fingerprint density at radius 3 is 2.79 bits per heavy atom. The molecule has 3 rings (SSSR count). The topological polar surface area (TPSA) is 88.1 Å². The number of pyridine rings is 1. The maximum Gasteiger partial charge on any atom is 0.232 e. The summed E-state index contributed by atoms with van der Waals surface area (Å²) in [7, 11) is 1.90. The molecule has 1 aliphatic heterocycles. The highest BCUT2D eigenvalue weighted by Crippen LogP contribution is 2.13. The molecule has 7 nitrogen and oxygen atoms in total. The lowest BCUT2D eigenvalue weighted by molar-refractivity contribution is -0.121. The molecule has 0 aromatic carbocycles. The maximum atomic E-state index is 11.7. The molecule has 1 amide bonds. The van der Waals surface area contributed by atoms with Gasteiger partial charge in [-0.05, 0) is 24.3 Å². The van der Waals surface area contributed by atoms with Crippen LogP contribution >= 0.6 is 0 Å². The van der Waals surface area contributed by atoms with Crippen molar-refractivity contribution in [3.63, 3.8) is 0 Å². The van der Waals surface area contributed by atoms with Crippen molar-refractivity contribution in [2.75, 3.05) is 18.5 Å². The summed E-state index contributed by atoms with van der Waals surface area (Å²) in [5, 5.41) is 2.54. The average molecular weight is 323 g/mol. The number of aromatic nitrogens is 3. The Balaban J connectivity index is 1.69. The molecule has 7 heteroatoms. The molecule has 1 fully saturated rings. The lowest BCUT2D eigenvalue weighted by Gasteiger charge is -2.16. The SMILES string of the molecule is CN(CCc1ccccn1)c1nccc(/C=C2\NC(=O)CC2=O)n1. The largest absolute Gasteiger partial charge is 0.343 e. The smallest absolute Gasteiger partial charge is 0.232 e. The molecular weight excluding hydrogens is 306 g/mol. The van der Waals surface area contributed by atoms with Crippen LogP contribution in [-0.2, 0) is 16.0 Å². The zero-order valence-electron chi connectivity index (χ0n) is 13.3. The van der Waals surface area contributed by atoms with Gasteiger partial charge in [-0.3, -0.25) is 14.6 Å². The number of nitrogens with zero attached hydrogens (tertiary/aromatic N) is 4. The molecule has 0 atom stereocenters. The lowest BCUT2D eigenvalue weighted by Crippen LogP contribution is -2.23. The highest BCUT2D eigenvalue weighted by Gasteiger charge is 2.23. The Hall–Kier alpha value is -3.09. The first kappa shape index (κ1) is 15.8. The van der Waals surface area contributed by atoms with Crippen LogP contribution in [0, 0.1) is 0 Å². The van der Waals surface area contributed by atoms with Crippen molar-refractivity contribution in [3.05, 3.63) is 53.7 Å². The fourth-order valence-corrected chi connectivity index (χ4v) is 2.32. The van der Waals surface area contributed by atoms with Gasteiger partial charge in [-0.15, -0.1) is 0 Å². The minimum Gasteiger partial charge on any atom is -0.343 e. The van der Waals surface area contributed by atoms with Crippen LogP contribution in [0.2, 0.25) is 0 Å². The maximum absolute atomic E-state index is 11.7. The van der Waals surface area contributed by atoms with E-state index < -0.39 is 0 Å². The van der Waals surface area contributed by atoms with Gasteiger partial charge in [-0.25, -0.2) is 9.97 Å². The molecule has 24 heavy (non-hydrogen) atoms. The van der Waals surface area contributed by atoms with E-state index in [0.29, 0.717) is 18.2 Å². The van der Waals surface area contributed by atoms with E-state index in [1.54, 1.807) is 24.5 Å². The number of anilines is 1. The number of nitrogens with one attached hydrogen (secondary N) is 1. The van der Waals surface area contributed by atoms with Gasteiger partial charge < -0.3 is 10.2 Å². The molecule has 2 aromatic rings. The number of amides is 1. The molecule has 0 aliphatic carbocycles. The quantitative estimate of drug-likeness (QED) is 0.652. The van der Waals surface area contributed by atoms with E-state index in [-0.39, 0.29) is 23.8 Å². The van der Waals surface area contributed by atoms with Gasteiger partial charge in [-0.2, -0.15) is 0 Å². The van der Waals surface area contributed by atoms with E-state index in [4.69, 9.17) is 0 Å². The molecule has 1 aliphatic rings. The highest BCUT2D eigenvalue weighted by molar-refractivity contribution is 6.16. The summed E-state index contributed by atoms with van der Waals surface area (Å²) in [5.74, 6) is 0.0498. The molecule has 0 bridgehead atoms. The van der Waals surface area contributed by atoms with E-state index in [1.807, 2.05) is 30.1 Å². The van der Waals surface area contributed by atoms with Gasteiger partial charge in [0.05, 0.1) is 17.8 Å². The fraction of sp³-hybridized carbons (Fsp3) is 0.235. The Labute approximate surface area is 139 Å². The number of likely N-dealkylation sites (N-methyl/N-ethyl adjacent to an activating group) is 1. The number of Topliss-reactive ketones (excluding diaryl/α,β-unsaturated/α-hetero) is 1. The van der Waals surface area contributed by atoms with Crippen molar-refractivity contribution < 1.29 is 9.59 Å². The lowest BCUT2D eigenvalue weighted by atomic mass is 10.2. The van der Waals surface area contributed by atoms with Gasteiger partial charge in [0.2, 0.25) is 11.9 Å². The monoisotopic (exact) mass is 323 g/mol. The molecular formula is C17H17N5O2. The van der Waals surface area contributed by atoms with Crippen molar-refractivity contribution in [2.24, 2.45) is 0 Å². The Morgan fingerprint density at radius 2 is 2.08 bits per heavy atom. The predicted octanol–water partition coefficient (Wildman–Crippen LogP) is 0.980. The van der Waals surface area contributed by atoms with Crippen LogP contribution < -0.4 is 10.2 Å². The van der Waals surface area contributed by atoms with Crippen LogP contribution in [-0.4, -0.2) is 40.2 Å². The first-order valence-electron chi connectivity index (χ1n) is 7.60. The van der Waals surface area contributed by atoms with Crippen molar-refractivity contribution in [3.8, 4) is 0 Å². The number of ketones is 1. The number of rotatable bonds is 5. The van der Waals surface area contributed by atoms with Gasteiger partial charge in [-0.1, -0.05) is 6.07 Å². The highest BCUT2D eigenvalue weighted by atomic mass is 16.2. The normalized spacial score (nSPS) is 15.6. The zero-order chi connectivity index (χ0) is 16.9. The van der Waals surface area contributed by atoms with Crippen LogP contribution in [0.3, 0.4) is 0 Å². The number of carbonyl (C=O) groups excluding carboxylic acids is 2. The molecule has 2 aromatic heterocycles. The zero-order valence-corrected chi connectivity index (χ0v) is 13.3. The second-order valence-electron chi connectivity index (χ2n) is 5.48. The van der Waals surface area contributed by atoms with Gasteiger partial charge in [0.1, 0.15) is 0 Å². The van der Waals surface area contributed by atoms with Crippen molar-refractivity contribution in [1.29, 1.82) is 0 Å². The molecule has 3 heterocycles. The second kappa shape index (κ2) is 6.99. The third-order valence-electron chi connectivity index (χ3n) is 3.62. The van der Waals surface area contributed by atoms with Gasteiger partial charge in [0, 0.05) is 38.1 Å². The molecule has 1 N–H and O–H groups in total. The summed E-state index contributed by atoms with van der Waals surface area (Å²) in [5.41, 5.74) is 1.86. The summed E-state index contributed by atoms with van der Waals surface area (Å²) in [4.78, 5) is 37.8. The first-order chi connectivity index (χ1) is 11.6. The van der Waals surface area contributed by atoms with Crippen molar-refractivity contribution in [1.82, 2.24) is 20.3 Å². The molecule has 0 radical (unpaired) electrons. The first-order valence-corrected chi connectivity index (χ1v) is 7.60. The fourth-order valence-electron chi connectivity index (χ4n) is 2.32. The summed E-state index contributed by atoms with van der Waals surface area (Å²) in [6.07, 6.45) is 5.65. The average Bonchev–Trinajstić information content (AvgIpc) is 2.91. The molecule has 1 saturated heterocycles. The molecule has 0 unspecified atom stereocenters. The van der Waals surface area contributed by atoms with Crippen molar-refractivity contribution in [2.45, 2.75) is 12.8 Å². The number of carbonyl (C=O) groups is 2. The van der Waals surface area contributed by atoms with Gasteiger partial charge in [0.25, 0.3) is 0 Å². The van der Waals surface area contributed by atoms with Crippen molar-refractivity contribution >= 4 is 23.7 Å². The Kier molecular flexibility index (Phi) is 4.60. The van der Waals surface area contributed by atoms with E-state index in [2.05, 4.69) is 20.3 Å². The Bertz CT molecular complexity index is 789. The van der Waals surface area contributed by atoms with Crippen LogP contribution in [0.15, 0.2) is 42.4 Å². The van der Waals surface area contributed by atoms with Crippen LogP contribution in [0.5, 0.6) is 0 Å². The van der Waals surface area contributed by atoms with Gasteiger partial charge in [0.15, 0.2) is 5.78 Å². The second-order valence-corrected chi connectivity index (χ2v) is 5.48. The third kappa shape index (κ3) is 3.81. The van der Waals surface area contributed by atoms with Crippen LogP contribution in [0.1, 0.15) is 17.8 Å². The van der Waals surface area contributed by atoms with E-state index in [0.717, 1.165) is 12.1 Å². The molecule has 0 saturated carbocycles. The minimum atomic E-state index is -0.284. The predicted molar refractivity (Wildman–Crippen MR) is 89.0 cm³/mol. The minimum absolute atomic E-state index is 0.103. The Morgan fingerprint density at radius 1 is 1.21 bits per heavy atom. The van der Waals surface area contributed by atoms with E-state index >= 15 is 0 Å². The standard InChI is InChI=1S/C17H17N5O2/c1-22(9-6-12-4-2-3-7-18-12)17-19-8-5-13(20-17)10-14-15(23)11-16(24)21-14/h2-5,7-8,10H,6,9,11H2,1H3,(H,21,24)/b14-10-. The molecule has 0 spiro atoms. The molecule has 122 valence electrons.